The van der Waals surface area contributed by atoms with E-state index in [4.69, 9.17) is 0 Å². The number of nitro benzene ring substituents is 1. The molecule has 5 nitrogen and oxygen atoms in total. The van der Waals surface area contributed by atoms with Crippen LogP contribution in [0.5, 0.6) is 0 Å². The molecule has 0 aliphatic rings. The van der Waals surface area contributed by atoms with E-state index in [1.165, 1.54) is 12.1 Å². The van der Waals surface area contributed by atoms with Gasteiger partial charge in [0.1, 0.15) is 4.60 Å². The Kier molecular flexibility index (Phi) is 3.14. The van der Waals surface area contributed by atoms with Gasteiger partial charge in [-0.25, -0.2) is 0 Å². The Bertz CT molecular complexity index is 587. The van der Waals surface area contributed by atoms with Crippen molar-refractivity contribution in [2.75, 3.05) is 0 Å². The van der Waals surface area contributed by atoms with E-state index in [1.807, 2.05) is 13.0 Å². The maximum Gasteiger partial charge on any atom is 0.270 e. The number of hydrogen-bond donors (Lipinski definition) is 0. The van der Waals surface area contributed by atoms with Gasteiger partial charge in [0.15, 0.2) is 0 Å². The molecule has 1 aromatic carbocycles. The topological polar surface area (TPSA) is 68.9 Å². The Balaban J connectivity index is 2.49. The molecular weight excluding hydrogens is 286 g/mol. The summed E-state index contributed by atoms with van der Waals surface area (Å²) in [7, 11) is 0. The molecule has 0 saturated heterocycles. The Morgan fingerprint density at radius 2 is 2.06 bits per heavy atom. The van der Waals surface area contributed by atoms with Gasteiger partial charge in [-0.05, 0) is 34.5 Å². The molecule has 1 heterocycles. The highest BCUT2D eigenvalue weighted by atomic mass is 79.9. The van der Waals surface area contributed by atoms with E-state index in [9.17, 15) is 10.1 Å². The van der Waals surface area contributed by atoms with Crippen LogP contribution < -0.4 is 0 Å². The first-order chi connectivity index (χ1) is 8.08. The van der Waals surface area contributed by atoms with Crippen LogP contribution in [0.15, 0.2) is 34.9 Å². The van der Waals surface area contributed by atoms with Crippen LogP contribution >= 0.6 is 15.9 Å². The number of hydrogen-bond acceptors (Lipinski definition) is 4. The molecule has 1 aromatic heterocycles. The van der Waals surface area contributed by atoms with Crippen LogP contribution in [-0.4, -0.2) is 15.1 Å². The van der Waals surface area contributed by atoms with Crippen LogP contribution in [0, 0.1) is 17.0 Å². The minimum atomic E-state index is -0.428. The molecule has 0 aliphatic heterocycles. The van der Waals surface area contributed by atoms with E-state index in [0.717, 1.165) is 5.56 Å². The summed E-state index contributed by atoms with van der Waals surface area (Å²) in [5, 5.41) is 18.6. The van der Waals surface area contributed by atoms with Gasteiger partial charge in [0.2, 0.25) is 0 Å². The number of rotatable bonds is 2. The molecule has 0 unspecified atom stereocenters. The van der Waals surface area contributed by atoms with E-state index in [-0.39, 0.29) is 5.69 Å². The fourth-order valence-corrected chi connectivity index (χ4v) is 1.58. The smallest absolute Gasteiger partial charge is 0.258 e. The Hall–Kier alpha value is -1.82. The van der Waals surface area contributed by atoms with Crippen molar-refractivity contribution in [3.63, 3.8) is 0 Å². The van der Waals surface area contributed by atoms with Crippen LogP contribution in [0.4, 0.5) is 5.69 Å². The molecule has 0 atom stereocenters. The number of aromatic nitrogens is 2. The van der Waals surface area contributed by atoms with Crippen molar-refractivity contribution >= 4 is 21.6 Å². The third-order valence-electron chi connectivity index (χ3n) is 2.28. The zero-order valence-corrected chi connectivity index (χ0v) is 10.5. The van der Waals surface area contributed by atoms with Crippen molar-refractivity contribution < 1.29 is 4.92 Å². The van der Waals surface area contributed by atoms with E-state index >= 15 is 0 Å². The molecule has 17 heavy (non-hydrogen) atoms. The third kappa shape index (κ3) is 2.47. The van der Waals surface area contributed by atoms with Crippen molar-refractivity contribution in [3.8, 4) is 11.3 Å². The minimum absolute atomic E-state index is 0.0462. The van der Waals surface area contributed by atoms with Crippen LogP contribution in [-0.2, 0) is 0 Å². The lowest BCUT2D eigenvalue weighted by atomic mass is 10.1. The van der Waals surface area contributed by atoms with Gasteiger partial charge in [0.05, 0.1) is 10.6 Å². The Morgan fingerprint density at radius 1 is 1.29 bits per heavy atom. The molecule has 0 spiro atoms. The molecule has 0 bridgehead atoms. The SMILES string of the molecule is Cc1cc(-c2cccc([N+](=O)[O-])c2)nnc1Br. The summed E-state index contributed by atoms with van der Waals surface area (Å²) in [6.45, 7) is 1.89. The van der Waals surface area contributed by atoms with Gasteiger partial charge < -0.3 is 0 Å². The molecule has 0 fully saturated rings. The van der Waals surface area contributed by atoms with E-state index in [2.05, 4.69) is 26.1 Å². The first-order valence-electron chi connectivity index (χ1n) is 4.82. The van der Waals surface area contributed by atoms with E-state index in [1.54, 1.807) is 12.1 Å². The zero-order chi connectivity index (χ0) is 12.4. The van der Waals surface area contributed by atoms with E-state index in [0.29, 0.717) is 15.9 Å². The quantitative estimate of drug-likeness (QED) is 0.630. The first-order valence-corrected chi connectivity index (χ1v) is 5.62. The van der Waals surface area contributed by atoms with Gasteiger partial charge in [0, 0.05) is 17.7 Å². The van der Waals surface area contributed by atoms with Gasteiger partial charge in [-0.3, -0.25) is 10.1 Å². The average molecular weight is 294 g/mol. The highest BCUT2D eigenvalue weighted by Crippen LogP contribution is 2.23. The number of aryl methyl sites for hydroxylation is 1. The summed E-state index contributed by atoms with van der Waals surface area (Å²) in [5.74, 6) is 0. The van der Waals surface area contributed by atoms with Gasteiger partial charge in [0.25, 0.3) is 5.69 Å². The fraction of sp³-hybridized carbons (Fsp3) is 0.0909. The molecule has 0 radical (unpaired) electrons. The molecule has 2 rings (SSSR count). The van der Waals surface area contributed by atoms with Crippen LogP contribution in [0.3, 0.4) is 0 Å². The molecular formula is C11H8BrN3O2. The number of halogens is 1. The summed E-state index contributed by atoms with van der Waals surface area (Å²) in [5.41, 5.74) is 2.28. The Labute approximate surface area is 106 Å². The van der Waals surface area contributed by atoms with Gasteiger partial charge in [-0.2, -0.15) is 0 Å². The highest BCUT2D eigenvalue weighted by molar-refractivity contribution is 9.10. The number of benzene rings is 1. The second-order valence-corrected chi connectivity index (χ2v) is 4.26. The van der Waals surface area contributed by atoms with Crippen molar-refractivity contribution in [2.24, 2.45) is 0 Å². The monoisotopic (exact) mass is 293 g/mol. The summed E-state index contributed by atoms with van der Waals surface area (Å²) in [4.78, 5) is 10.2. The first kappa shape index (κ1) is 11.7. The summed E-state index contributed by atoms with van der Waals surface area (Å²) >= 11 is 3.26. The molecule has 0 saturated carbocycles. The molecule has 0 aliphatic carbocycles. The van der Waals surface area contributed by atoms with Crippen molar-refractivity contribution in [1.29, 1.82) is 0 Å². The van der Waals surface area contributed by atoms with Crippen LogP contribution in [0.25, 0.3) is 11.3 Å². The average Bonchev–Trinajstić information content (AvgIpc) is 2.33. The van der Waals surface area contributed by atoms with Crippen molar-refractivity contribution in [3.05, 3.63) is 50.6 Å². The van der Waals surface area contributed by atoms with Gasteiger partial charge >= 0.3 is 0 Å². The second-order valence-electron chi connectivity index (χ2n) is 3.51. The van der Waals surface area contributed by atoms with Crippen LogP contribution in [0.2, 0.25) is 0 Å². The van der Waals surface area contributed by atoms with Gasteiger partial charge in [-0.15, -0.1) is 10.2 Å². The summed E-state index contributed by atoms with van der Waals surface area (Å²) in [6.07, 6.45) is 0. The summed E-state index contributed by atoms with van der Waals surface area (Å²) < 4.78 is 0.673. The molecule has 2 aromatic rings. The maximum absolute atomic E-state index is 10.7. The molecule has 6 heteroatoms. The van der Waals surface area contributed by atoms with Crippen molar-refractivity contribution in [1.82, 2.24) is 10.2 Å². The second kappa shape index (κ2) is 4.58. The van der Waals surface area contributed by atoms with Gasteiger partial charge in [-0.1, -0.05) is 12.1 Å². The predicted octanol–water partition coefficient (Wildman–Crippen LogP) is 3.12. The lowest BCUT2D eigenvalue weighted by Gasteiger charge is -2.02. The Morgan fingerprint density at radius 3 is 2.71 bits per heavy atom. The number of nitrogens with zero attached hydrogens (tertiary/aromatic N) is 3. The zero-order valence-electron chi connectivity index (χ0n) is 8.92. The number of nitro groups is 1. The highest BCUT2D eigenvalue weighted by Gasteiger charge is 2.09. The standard InChI is InChI=1S/C11H8BrN3O2/c1-7-5-10(13-14-11(7)12)8-3-2-4-9(6-8)15(16)17/h2-6H,1H3. The lowest BCUT2D eigenvalue weighted by Crippen LogP contribution is -1.93. The number of non-ortho nitro benzene ring substituents is 1. The molecule has 0 amide bonds. The largest absolute Gasteiger partial charge is 0.270 e. The van der Waals surface area contributed by atoms with Crippen molar-refractivity contribution in [2.45, 2.75) is 6.92 Å². The maximum atomic E-state index is 10.7. The molecule has 0 N–H and O–H groups in total. The fourth-order valence-electron chi connectivity index (χ4n) is 1.39. The molecule has 86 valence electrons. The third-order valence-corrected chi connectivity index (χ3v) is 3.06. The summed E-state index contributed by atoms with van der Waals surface area (Å²) in [6, 6.07) is 8.16. The minimum Gasteiger partial charge on any atom is -0.258 e. The lowest BCUT2D eigenvalue weighted by molar-refractivity contribution is -0.384. The predicted molar refractivity (Wildman–Crippen MR) is 66.6 cm³/mol. The normalized spacial score (nSPS) is 10.2. The van der Waals surface area contributed by atoms with E-state index < -0.39 is 4.92 Å². The van der Waals surface area contributed by atoms with Crippen LogP contribution in [0.1, 0.15) is 5.56 Å².